The lowest BCUT2D eigenvalue weighted by molar-refractivity contribution is -0.163. The summed E-state index contributed by atoms with van der Waals surface area (Å²) in [5.41, 5.74) is -0.962. The number of carboxylic acids is 2. The molecule has 4 fully saturated rings. The number of aromatic nitrogens is 2. The van der Waals surface area contributed by atoms with Crippen molar-refractivity contribution >= 4 is 105 Å². The fourth-order valence-corrected chi connectivity index (χ4v) is 10.7. The molecule has 4 aliphatic rings. The molecule has 0 spiro atoms. The van der Waals surface area contributed by atoms with Gasteiger partial charge in [0.2, 0.25) is 23.0 Å². The number of carbonyl (C=O) groups excluding carboxylic acids is 8. The first-order valence-electron chi connectivity index (χ1n) is 29.8. The highest BCUT2D eigenvalue weighted by molar-refractivity contribution is 6.32. The number of carboxylic acid groups (broad SMARTS) is 2. The van der Waals surface area contributed by atoms with Gasteiger partial charge < -0.3 is 68.9 Å². The number of fused-ring (bicyclic) bond motifs is 2. The largest absolute Gasteiger partial charge is 0.478 e. The number of ether oxygens (including phenoxy) is 6. The Hall–Kier alpha value is -8.26. The molecule has 2 saturated carbocycles. The first-order chi connectivity index (χ1) is 42.3. The molecule has 89 heavy (non-hydrogen) atoms. The number of aryl methyl sites for hydroxylation is 2. The van der Waals surface area contributed by atoms with Gasteiger partial charge in [-0.1, -0.05) is 23.2 Å². The van der Waals surface area contributed by atoms with Crippen molar-refractivity contribution in [3.63, 3.8) is 0 Å². The minimum absolute atomic E-state index is 0.0325. The van der Waals surface area contributed by atoms with E-state index >= 15 is 0 Å². The number of nitrogens with zero attached hydrogens (tertiary/aromatic N) is 6. The Kier molecular flexibility index (Phi) is 23.2. The van der Waals surface area contributed by atoms with E-state index in [4.69, 9.17) is 51.6 Å². The van der Waals surface area contributed by atoms with Crippen molar-refractivity contribution in [2.45, 2.75) is 142 Å². The maximum Gasteiger partial charge on any atom is 0.409 e. The molecule has 8 rings (SSSR count). The van der Waals surface area contributed by atoms with E-state index in [-0.39, 0.29) is 127 Å². The Morgan fingerprint density at radius 3 is 1.22 bits per heavy atom. The first kappa shape index (κ1) is 68.2. The predicted octanol–water partition coefficient (Wildman–Crippen LogP) is 7.04. The predicted molar refractivity (Wildman–Crippen MR) is 322 cm³/mol. The molecule has 26 nitrogen and oxygen atoms in total. The van der Waals surface area contributed by atoms with E-state index in [1.807, 2.05) is 0 Å². The van der Waals surface area contributed by atoms with Crippen LogP contribution in [0.5, 0.6) is 11.5 Å². The van der Waals surface area contributed by atoms with Gasteiger partial charge in [-0.3, -0.25) is 28.8 Å². The molecule has 2 aromatic carbocycles. The summed E-state index contributed by atoms with van der Waals surface area (Å²) in [6.07, 6.45) is 0.991. The highest BCUT2D eigenvalue weighted by Crippen LogP contribution is 2.42. The van der Waals surface area contributed by atoms with Crippen LogP contribution in [-0.4, -0.2) is 201 Å². The van der Waals surface area contributed by atoms with E-state index in [1.165, 1.54) is 31.7 Å². The fourth-order valence-electron chi connectivity index (χ4n) is 10.3. The van der Waals surface area contributed by atoms with Gasteiger partial charge in [-0.15, -0.1) is 0 Å². The number of halogens is 2. The molecular formula is C61H76Cl2N8O18. The van der Waals surface area contributed by atoms with Crippen LogP contribution in [0, 0.1) is 13.8 Å². The molecule has 2 unspecified atom stereocenters. The molecular weight excluding hydrogens is 1200 g/mol. The van der Waals surface area contributed by atoms with Crippen LogP contribution in [0.4, 0.5) is 9.59 Å². The molecule has 2 aliphatic carbocycles. The van der Waals surface area contributed by atoms with Crippen molar-refractivity contribution < 1.29 is 86.6 Å². The number of nitrogens with one attached hydrogen (secondary N) is 2. The average Bonchev–Trinajstić information content (AvgIpc) is 1.52. The number of benzene rings is 2. The summed E-state index contributed by atoms with van der Waals surface area (Å²) in [4.78, 5) is 142. The second-order valence-corrected chi connectivity index (χ2v) is 23.1. The molecule has 0 bridgehead atoms. The van der Waals surface area contributed by atoms with Crippen LogP contribution < -0.4 is 20.1 Å². The molecule has 2 aliphatic heterocycles. The second-order valence-electron chi connectivity index (χ2n) is 22.3. The lowest BCUT2D eigenvalue weighted by atomic mass is 9.80. The molecule has 2 atom stereocenters. The molecule has 2 aromatic heterocycles. The Morgan fingerprint density at radius 2 is 0.899 bits per heavy atom. The number of piperazine rings is 2. The summed E-state index contributed by atoms with van der Waals surface area (Å²) in [7, 11) is 0. The van der Waals surface area contributed by atoms with E-state index in [2.05, 4.69) is 20.6 Å². The lowest BCUT2D eigenvalue weighted by Gasteiger charge is -2.38. The molecule has 4 aromatic rings. The minimum atomic E-state index is -1.43. The standard InChI is InChI=1S/C31H39ClN4O9.C30H37ClN4O9/c1-5-43-30(42)36-13-11-35(12-14-36)28(39)22(7-8-26(37)44-18(2)3)34-27(38)24-17-25(45-31(29(40)41)9-6-10-31)20-16-21(32)19(4)15-23(20)33-24;1-4-42-25(36)8-7-21(27(38)34-11-13-35(14-12-34)29(41)43-5-2)33-26(37)23-17-24(44-30(28(39)40)9-6-10-30)19-16-20(31)18(3)15-22(19)32-23/h15-18,22H,5-14H2,1-4H3,(H,34,38)(H,40,41);15-17,21H,4-14H2,1-3H3,(H,33,37)(H,39,40). The molecule has 4 heterocycles. The quantitative estimate of drug-likeness (QED) is 0.0453. The van der Waals surface area contributed by atoms with Gasteiger partial charge in [0.25, 0.3) is 11.8 Å². The van der Waals surface area contributed by atoms with Crippen molar-refractivity contribution in [2.75, 3.05) is 72.2 Å². The van der Waals surface area contributed by atoms with Gasteiger partial charge in [-0.2, -0.15) is 0 Å². The van der Waals surface area contributed by atoms with Crippen LogP contribution in [0.2, 0.25) is 10.0 Å². The molecule has 28 heteroatoms. The number of esters is 2. The van der Waals surface area contributed by atoms with Gasteiger partial charge in [0.15, 0.2) is 0 Å². The Balaban J connectivity index is 0.000000254. The SMILES string of the molecule is CCOC(=O)CCC(NC(=O)c1cc(OC2(C(=O)O)CCC2)c2cc(Cl)c(C)cc2n1)C(=O)N1CCN(C(=O)OCC)CC1.CCOC(=O)N1CCN(C(=O)C(CCC(=O)OC(C)C)NC(=O)c2cc(OC3(C(=O)O)CCC3)c3cc(Cl)c(C)cc3n2)CC1. The fraction of sp³-hybridized carbons (Fsp3) is 0.541. The summed E-state index contributed by atoms with van der Waals surface area (Å²) >= 11 is 12.7. The van der Waals surface area contributed by atoms with Crippen LogP contribution in [0.15, 0.2) is 36.4 Å². The highest BCUT2D eigenvalue weighted by atomic mass is 35.5. The van der Waals surface area contributed by atoms with E-state index < -0.39 is 83.0 Å². The normalized spacial score (nSPS) is 16.5. The number of hydrogen-bond donors (Lipinski definition) is 4. The average molecular weight is 1280 g/mol. The van der Waals surface area contributed by atoms with Gasteiger partial charge in [0.1, 0.15) is 35.0 Å². The Bertz CT molecular complexity index is 3340. The number of carbonyl (C=O) groups is 10. The van der Waals surface area contributed by atoms with Gasteiger partial charge in [-0.25, -0.2) is 29.1 Å². The van der Waals surface area contributed by atoms with Crippen molar-refractivity contribution in [2.24, 2.45) is 0 Å². The maximum atomic E-state index is 13.7. The maximum absolute atomic E-state index is 13.7. The molecule has 6 amide bonds. The summed E-state index contributed by atoms with van der Waals surface area (Å²) in [5, 5.41) is 26.9. The van der Waals surface area contributed by atoms with E-state index in [0.29, 0.717) is 81.5 Å². The lowest BCUT2D eigenvalue weighted by Crippen LogP contribution is -2.56. The smallest absolute Gasteiger partial charge is 0.409 e. The first-order valence-corrected chi connectivity index (χ1v) is 30.5. The van der Waals surface area contributed by atoms with E-state index in [9.17, 15) is 58.2 Å². The van der Waals surface area contributed by atoms with Crippen LogP contribution in [0.1, 0.15) is 131 Å². The third-order valence-electron chi connectivity index (χ3n) is 15.7. The van der Waals surface area contributed by atoms with Crippen LogP contribution in [0.3, 0.4) is 0 Å². The number of pyridine rings is 2. The van der Waals surface area contributed by atoms with Gasteiger partial charge in [0, 0.05) is 98.2 Å². The topological polar surface area (TPSA) is 329 Å². The van der Waals surface area contributed by atoms with Gasteiger partial charge >= 0.3 is 36.1 Å². The molecule has 4 N–H and O–H groups in total. The molecule has 2 saturated heterocycles. The second kappa shape index (κ2) is 30.3. The van der Waals surface area contributed by atoms with Crippen LogP contribution >= 0.6 is 23.2 Å². The monoisotopic (exact) mass is 1280 g/mol. The van der Waals surface area contributed by atoms with Crippen molar-refractivity contribution in [1.29, 1.82) is 0 Å². The van der Waals surface area contributed by atoms with Crippen LogP contribution in [-0.2, 0) is 47.7 Å². The molecule has 0 radical (unpaired) electrons. The minimum Gasteiger partial charge on any atom is -0.478 e. The number of rotatable bonds is 22. The Labute approximate surface area is 524 Å². The van der Waals surface area contributed by atoms with Gasteiger partial charge in [0.05, 0.1) is 37.0 Å². The van der Waals surface area contributed by atoms with E-state index in [0.717, 1.165) is 0 Å². The Morgan fingerprint density at radius 1 is 0.539 bits per heavy atom. The summed E-state index contributed by atoms with van der Waals surface area (Å²) in [5.74, 6) is -5.26. The zero-order valence-corrected chi connectivity index (χ0v) is 52.4. The van der Waals surface area contributed by atoms with Crippen molar-refractivity contribution in [3.05, 3.63) is 69.0 Å². The number of aliphatic carboxylic acids is 2. The molecule has 482 valence electrons. The third-order valence-corrected chi connectivity index (χ3v) is 16.5. The van der Waals surface area contributed by atoms with E-state index in [1.54, 1.807) is 72.7 Å². The number of hydrogen-bond acceptors (Lipinski definition) is 18. The van der Waals surface area contributed by atoms with Crippen molar-refractivity contribution in [1.82, 2.24) is 40.2 Å². The summed E-state index contributed by atoms with van der Waals surface area (Å²) < 4.78 is 32.4. The zero-order valence-electron chi connectivity index (χ0n) is 50.9. The summed E-state index contributed by atoms with van der Waals surface area (Å²) in [6.45, 7) is 14.6. The van der Waals surface area contributed by atoms with Crippen molar-refractivity contribution in [3.8, 4) is 11.5 Å². The van der Waals surface area contributed by atoms with Gasteiger partial charge in [-0.05, 0) is 135 Å². The highest BCUT2D eigenvalue weighted by Gasteiger charge is 2.49. The third kappa shape index (κ3) is 16.9. The zero-order chi connectivity index (χ0) is 64.9. The summed E-state index contributed by atoms with van der Waals surface area (Å²) in [6, 6.07) is 7.05. The number of amides is 6. The van der Waals surface area contributed by atoms with Crippen LogP contribution in [0.25, 0.3) is 21.8 Å².